The number of aryl methyl sites for hydroxylation is 1. The molecule has 0 spiro atoms. The molecule has 0 saturated heterocycles. The molecule has 0 aliphatic heterocycles. The second-order valence-corrected chi connectivity index (χ2v) is 10.4. The van der Waals surface area contributed by atoms with Gasteiger partial charge in [0.05, 0.1) is 18.3 Å². The standard InChI is InChI=1S/C25H28FN5OS2/c1-16-13-22(17(2)30(16)14-21-7-6-12-33-21)23(32)15-34-25-28-27-24(18(3)29(4)5)31(25)20-10-8-19(26)9-11-20/h6-13,18H,14-15H2,1-5H3. The molecular formula is C25H28FN5OS2. The molecule has 34 heavy (non-hydrogen) atoms. The van der Waals surface area contributed by atoms with Crippen molar-refractivity contribution in [2.75, 3.05) is 19.8 Å². The Morgan fingerprint density at radius 3 is 2.56 bits per heavy atom. The smallest absolute Gasteiger partial charge is 0.196 e. The number of halogens is 1. The maximum absolute atomic E-state index is 13.5. The zero-order valence-corrected chi connectivity index (χ0v) is 21.6. The quantitative estimate of drug-likeness (QED) is 0.225. The van der Waals surface area contributed by atoms with Gasteiger partial charge in [-0.05, 0) is 76.6 Å². The average molecular weight is 498 g/mol. The summed E-state index contributed by atoms with van der Waals surface area (Å²) in [6.07, 6.45) is 0. The van der Waals surface area contributed by atoms with Crippen LogP contribution in [0, 0.1) is 19.7 Å². The highest BCUT2D eigenvalue weighted by Crippen LogP contribution is 2.28. The number of carbonyl (C=O) groups excluding carboxylic acids is 1. The molecule has 0 radical (unpaired) electrons. The molecule has 4 aromatic rings. The molecule has 3 aromatic heterocycles. The van der Waals surface area contributed by atoms with E-state index in [1.807, 2.05) is 56.5 Å². The maximum atomic E-state index is 13.5. The van der Waals surface area contributed by atoms with Crippen LogP contribution < -0.4 is 0 Å². The lowest BCUT2D eigenvalue weighted by Gasteiger charge is -2.20. The van der Waals surface area contributed by atoms with Crippen molar-refractivity contribution in [3.05, 3.63) is 81.3 Å². The molecule has 0 fully saturated rings. The average Bonchev–Trinajstić information content (AvgIpc) is 3.54. The fourth-order valence-corrected chi connectivity index (χ4v) is 5.34. The number of hydrogen-bond donors (Lipinski definition) is 0. The van der Waals surface area contributed by atoms with Crippen molar-refractivity contribution in [3.8, 4) is 5.69 Å². The van der Waals surface area contributed by atoms with Crippen LogP contribution in [0.1, 0.15) is 45.4 Å². The largest absolute Gasteiger partial charge is 0.343 e. The summed E-state index contributed by atoms with van der Waals surface area (Å²) in [4.78, 5) is 16.5. The van der Waals surface area contributed by atoms with Gasteiger partial charge in [-0.25, -0.2) is 4.39 Å². The van der Waals surface area contributed by atoms with Crippen molar-refractivity contribution >= 4 is 28.9 Å². The first kappa shape index (κ1) is 24.4. The molecule has 6 nitrogen and oxygen atoms in total. The number of thiophene rings is 1. The third-order valence-corrected chi connectivity index (χ3v) is 7.78. The minimum Gasteiger partial charge on any atom is -0.343 e. The third-order valence-electron chi connectivity index (χ3n) is 5.99. The summed E-state index contributed by atoms with van der Waals surface area (Å²) in [6.45, 7) is 6.83. The lowest BCUT2D eigenvalue weighted by atomic mass is 10.2. The van der Waals surface area contributed by atoms with Gasteiger partial charge in [-0.3, -0.25) is 14.3 Å². The summed E-state index contributed by atoms with van der Waals surface area (Å²) < 4.78 is 17.6. The van der Waals surface area contributed by atoms with Crippen molar-refractivity contribution in [1.82, 2.24) is 24.2 Å². The van der Waals surface area contributed by atoms with Crippen LogP contribution in [0.25, 0.3) is 5.69 Å². The normalized spacial score (nSPS) is 12.4. The number of rotatable bonds is 9. The number of carbonyl (C=O) groups is 1. The van der Waals surface area contributed by atoms with Gasteiger partial charge >= 0.3 is 0 Å². The van der Waals surface area contributed by atoms with Crippen molar-refractivity contribution in [2.45, 2.75) is 38.5 Å². The first-order valence-electron chi connectivity index (χ1n) is 11.0. The van der Waals surface area contributed by atoms with Gasteiger partial charge in [-0.2, -0.15) is 0 Å². The van der Waals surface area contributed by atoms with E-state index < -0.39 is 0 Å². The Balaban J connectivity index is 1.58. The van der Waals surface area contributed by atoms with Crippen LogP contribution in [-0.4, -0.2) is 49.9 Å². The highest BCUT2D eigenvalue weighted by Gasteiger charge is 2.23. The van der Waals surface area contributed by atoms with Crippen LogP contribution in [0.4, 0.5) is 4.39 Å². The van der Waals surface area contributed by atoms with Crippen molar-refractivity contribution in [3.63, 3.8) is 0 Å². The SMILES string of the molecule is Cc1cc(C(=O)CSc2nnc(C(C)N(C)C)n2-c2ccc(F)cc2)c(C)n1Cc1cccs1. The summed E-state index contributed by atoms with van der Waals surface area (Å²) in [5.41, 5.74) is 3.53. The lowest BCUT2D eigenvalue weighted by Crippen LogP contribution is -2.20. The van der Waals surface area contributed by atoms with Gasteiger partial charge in [0.25, 0.3) is 0 Å². The van der Waals surface area contributed by atoms with Crippen LogP contribution in [0.2, 0.25) is 0 Å². The summed E-state index contributed by atoms with van der Waals surface area (Å²) >= 11 is 3.06. The minimum absolute atomic E-state index is 0.0150. The molecule has 9 heteroatoms. The predicted octanol–water partition coefficient (Wildman–Crippen LogP) is 5.53. The Labute approximate surface area is 207 Å². The van der Waals surface area contributed by atoms with Crippen LogP contribution >= 0.6 is 23.1 Å². The number of hydrogen-bond acceptors (Lipinski definition) is 6. The van der Waals surface area contributed by atoms with Gasteiger partial charge < -0.3 is 4.57 Å². The van der Waals surface area contributed by atoms with E-state index in [1.54, 1.807) is 23.5 Å². The van der Waals surface area contributed by atoms with E-state index in [0.717, 1.165) is 35.0 Å². The summed E-state index contributed by atoms with van der Waals surface area (Å²) in [5, 5.41) is 11.5. The topological polar surface area (TPSA) is 56.0 Å². The summed E-state index contributed by atoms with van der Waals surface area (Å²) in [7, 11) is 3.94. The molecule has 3 heterocycles. The van der Waals surface area contributed by atoms with E-state index in [4.69, 9.17) is 0 Å². The Kier molecular flexibility index (Phi) is 7.35. The summed E-state index contributed by atoms with van der Waals surface area (Å²) in [5.74, 6) is 0.715. The van der Waals surface area contributed by atoms with E-state index in [2.05, 4.69) is 26.2 Å². The Bertz CT molecular complexity index is 1280. The number of Topliss-reactive ketones (excluding diaryl/α,β-unsaturated/α-hetero) is 1. The monoisotopic (exact) mass is 497 g/mol. The van der Waals surface area contributed by atoms with Crippen LogP contribution in [0.3, 0.4) is 0 Å². The van der Waals surface area contributed by atoms with Crippen molar-refractivity contribution in [1.29, 1.82) is 0 Å². The number of ketones is 1. The van der Waals surface area contributed by atoms with Crippen LogP contribution in [0.5, 0.6) is 0 Å². The molecule has 4 rings (SSSR count). The first-order chi connectivity index (χ1) is 16.3. The molecule has 0 bridgehead atoms. The molecule has 178 valence electrons. The van der Waals surface area contributed by atoms with Gasteiger partial charge in [-0.1, -0.05) is 17.8 Å². The number of benzene rings is 1. The van der Waals surface area contributed by atoms with Gasteiger partial charge in [0.2, 0.25) is 0 Å². The predicted molar refractivity (Wildman–Crippen MR) is 136 cm³/mol. The highest BCUT2D eigenvalue weighted by molar-refractivity contribution is 7.99. The minimum atomic E-state index is -0.304. The fraction of sp³-hybridized carbons (Fsp3) is 0.320. The fourth-order valence-electron chi connectivity index (χ4n) is 3.80. The van der Waals surface area contributed by atoms with E-state index in [1.165, 1.54) is 28.8 Å². The van der Waals surface area contributed by atoms with E-state index in [-0.39, 0.29) is 23.4 Å². The van der Waals surface area contributed by atoms with Crippen LogP contribution in [0.15, 0.2) is 53.0 Å². The van der Waals surface area contributed by atoms with Gasteiger partial charge in [0.15, 0.2) is 16.8 Å². The van der Waals surface area contributed by atoms with Gasteiger partial charge in [0, 0.05) is 27.5 Å². The van der Waals surface area contributed by atoms with E-state index in [9.17, 15) is 9.18 Å². The summed E-state index contributed by atoms with van der Waals surface area (Å²) in [6, 6.07) is 12.3. The number of thioether (sulfide) groups is 1. The molecular weight excluding hydrogens is 469 g/mol. The van der Waals surface area contributed by atoms with E-state index in [0.29, 0.717) is 5.16 Å². The molecule has 0 amide bonds. The highest BCUT2D eigenvalue weighted by atomic mass is 32.2. The second kappa shape index (κ2) is 10.2. The Morgan fingerprint density at radius 2 is 1.91 bits per heavy atom. The molecule has 0 N–H and O–H groups in total. The van der Waals surface area contributed by atoms with Crippen molar-refractivity contribution in [2.24, 2.45) is 0 Å². The van der Waals surface area contributed by atoms with E-state index >= 15 is 0 Å². The first-order valence-corrected chi connectivity index (χ1v) is 12.9. The van der Waals surface area contributed by atoms with Gasteiger partial charge in [0.1, 0.15) is 5.82 Å². The Hall–Kier alpha value is -2.75. The molecule has 0 saturated carbocycles. The van der Waals surface area contributed by atoms with Gasteiger partial charge in [-0.15, -0.1) is 21.5 Å². The second-order valence-electron chi connectivity index (χ2n) is 8.45. The molecule has 1 atom stereocenters. The Morgan fingerprint density at radius 1 is 1.18 bits per heavy atom. The lowest BCUT2D eigenvalue weighted by molar-refractivity contribution is 0.102. The van der Waals surface area contributed by atoms with Crippen molar-refractivity contribution < 1.29 is 9.18 Å². The maximum Gasteiger partial charge on any atom is 0.196 e. The molecule has 1 unspecified atom stereocenters. The molecule has 1 aromatic carbocycles. The molecule has 0 aliphatic rings. The number of aromatic nitrogens is 4. The zero-order chi connectivity index (χ0) is 24.4. The zero-order valence-electron chi connectivity index (χ0n) is 19.9. The number of nitrogens with zero attached hydrogens (tertiary/aromatic N) is 5. The third kappa shape index (κ3) is 5.01. The van der Waals surface area contributed by atoms with Crippen LogP contribution in [-0.2, 0) is 6.54 Å². The molecule has 0 aliphatic carbocycles.